The predicted octanol–water partition coefficient (Wildman–Crippen LogP) is 5.23. The minimum absolute atomic E-state index is 0.0681. The molecule has 1 aromatic heterocycles. The molecule has 30 heavy (non-hydrogen) atoms. The van der Waals surface area contributed by atoms with Gasteiger partial charge in [-0.15, -0.1) is 0 Å². The Hall–Kier alpha value is -2.69. The molecule has 1 heterocycles. The molecule has 0 spiro atoms. The van der Waals surface area contributed by atoms with E-state index in [2.05, 4.69) is 24.1 Å². The molecule has 0 saturated heterocycles. The van der Waals surface area contributed by atoms with Crippen LogP contribution in [0.5, 0.6) is 5.75 Å². The number of allylic oxidation sites excluding steroid dienone is 2. The minimum atomic E-state index is -0.961. The Morgan fingerprint density at radius 1 is 1.30 bits per heavy atom. The van der Waals surface area contributed by atoms with Crippen LogP contribution in [0.2, 0.25) is 0 Å². The van der Waals surface area contributed by atoms with Gasteiger partial charge in [0.05, 0.1) is 6.20 Å². The number of rotatable bonds is 4. The quantitative estimate of drug-likeness (QED) is 0.754. The molecule has 1 fully saturated rings. The molecule has 1 saturated carbocycles. The second-order valence-electron chi connectivity index (χ2n) is 9.16. The summed E-state index contributed by atoms with van der Waals surface area (Å²) in [7, 11) is 0. The minimum Gasteiger partial charge on any atom is -0.482 e. The topological polar surface area (TPSA) is 59.4 Å². The molecule has 3 aliphatic rings. The lowest BCUT2D eigenvalue weighted by Crippen LogP contribution is -2.40. The lowest BCUT2D eigenvalue weighted by Gasteiger charge is -2.50. The largest absolute Gasteiger partial charge is 0.482 e. The van der Waals surface area contributed by atoms with Crippen molar-refractivity contribution in [3.05, 3.63) is 65.2 Å². The van der Waals surface area contributed by atoms with Gasteiger partial charge in [-0.25, -0.2) is 9.18 Å². The number of aliphatic carboxylic acids is 1. The summed E-state index contributed by atoms with van der Waals surface area (Å²) in [5.41, 5.74) is 4.95. The molecule has 0 amide bonds. The molecule has 0 radical (unpaired) electrons. The maximum atomic E-state index is 13.8. The van der Waals surface area contributed by atoms with E-state index in [1.807, 2.05) is 12.1 Å². The third-order valence-corrected chi connectivity index (χ3v) is 7.66. The highest BCUT2D eigenvalue weighted by molar-refractivity contribution is 5.72. The van der Waals surface area contributed by atoms with Crippen molar-refractivity contribution in [2.24, 2.45) is 17.3 Å². The van der Waals surface area contributed by atoms with Crippen molar-refractivity contribution in [2.45, 2.75) is 44.9 Å². The van der Waals surface area contributed by atoms with Gasteiger partial charge < -0.3 is 9.84 Å². The number of carboxylic acids is 1. The zero-order valence-corrected chi connectivity index (χ0v) is 17.1. The second kappa shape index (κ2) is 7.22. The van der Waals surface area contributed by atoms with Crippen molar-refractivity contribution in [3.8, 4) is 5.75 Å². The lowest BCUT2D eigenvalue weighted by molar-refractivity contribution is -0.139. The molecule has 1 aromatic carbocycles. The first-order valence-electron chi connectivity index (χ1n) is 10.7. The maximum absolute atomic E-state index is 13.8. The molecule has 2 aromatic rings. The Kier molecular flexibility index (Phi) is 4.64. The molecule has 5 heteroatoms. The molecule has 156 valence electrons. The lowest BCUT2D eigenvalue weighted by atomic mass is 9.54. The van der Waals surface area contributed by atoms with Crippen molar-refractivity contribution >= 4 is 11.5 Å². The van der Waals surface area contributed by atoms with E-state index >= 15 is 0 Å². The van der Waals surface area contributed by atoms with E-state index in [0.717, 1.165) is 37.7 Å². The van der Waals surface area contributed by atoms with E-state index in [0.29, 0.717) is 23.5 Å². The molecular weight excluding hydrogens is 381 g/mol. The summed E-state index contributed by atoms with van der Waals surface area (Å²) in [4.78, 5) is 14.9. The Morgan fingerprint density at radius 3 is 2.97 bits per heavy atom. The number of pyridine rings is 1. The van der Waals surface area contributed by atoms with E-state index in [9.17, 15) is 9.18 Å². The van der Waals surface area contributed by atoms with Crippen molar-refractivity contribution in [3.63, 3.8) is 0 Å². The summed E-state index contributed by atoms with van der Waals surface area (Å²) in [6.07, 6.45) is 10.7. The van der Waals surface area contributed by atoms with Crippen molar-refractivity contribution in [1.82, 2.24) is 4.98 Å². The molecule has 4 atom stereocenters. The Labute approximate surface area is 175 Å². The van der Waals surface area contributed by atoms with Gasteiger partial charge >= 0.3 is 5.97 Å². The van der Waals surface area contributed by atoms with Crippen molar-refractivity contribution in [2.75, 3.05) is 6.61 Å². The Morgan fingerprint density at radius 2 is 2.17 bits per heavy atom. The van der Waals surface area contributed by atoms with E-state index in [1.165, 1.54) is 22.9 Å². The van der Waals surface area contributed by atoms with Gasteiger partial charge in [0.2, 0.25) is 0 Å². The van der Waals surface area contributed by atoms with Crippen LogP contribution in [0.4, 0.5) is 4.39 Å². The second-order valence-corrected chi connectivity index (χ2v) is 9.16. The van der Waals surface area contributed by atoms with Gasteiger partial charge in [0.25, 0.3) is 0 Å². The van der Waals surface area contributed by atoms with Gasteiger partial charge in [-0.2, -0.15) is 0 Å². The van der Waals surface area contributed by atoms with Gasteiger partial charge in [0.15, 0.2) is 6.61 Å². The van der Waals surface area contributed by atoms with Crippen LogP contribution in [-0.2, 0) is 11.2 Å². The molecule has 1 N–H and O–H groups in total. The number of hydrogen-bond donors (Lipinski definition) is 1. The number of carboxylic acid groups (broad SMARTS) is 1. The van der Waals surface area contributed by atoms with Crippen LogP contribution < -0.4 is 4.74 Å². The molecule has 0 unspecified atom stereocenters. The number of ether oxygens (including phenoxy) is 1. The molecule has 0 aliphatic heterocycles. The van der Waals surface area contributed by atoms with Crippen LogP contribution in [0.3, 0.4) is 0 Å². The standard InChI is InChI=1S/C25H26FNO3/c1-25-9-8-20-19-5-3-18(30-14-24(28)29)11-15(19)2-4-21(20)23(25)7-6-22(25)16-10-17(26)13-27-12-16/h3,5-6,10-13,20-21,23H,2,4,7-9,14H2,1H3,(H,28,29)/t20-,21-,23+,25-/m1/s1. The van der Waals surface area contributed by atoms with E-state index in [1.54, 1.807) is 12.3 Å². The average Bonchev–Trinajstić information content (AvgIpc) is 3.09. The first-order valence-corrected chi connectivity index (χ1v) is 10.7. The summed E-state index contributed by atoms with van der Waals surface area (Å²) in [5, 5.41) is 8.84. The number of aryl methyl sites for hydroxylation is 1. The van der Waals surface area contributed by atoms with Gasteiger partial charge in [-0.1, -0.05) is 19.1 Å². The average molecular weight is 407 g/mol. The number of hydrogen-bond acceptors (Lipinski definition) is 3. The summed E-state index contributed by atoms with van der Waals surface area (Å²) in [6.45, 7) is 2.05. The van der Waals surface area contributed by atoms with Crippen molar-refractivity contribution < 1.29 is 19.0 Å². The van der Waals surface area contributed by atoms with E-state index in [4.69, 9.17) is 9.84 Å². The third-order valence-electron chi connectivity index (χ3n) is 7.66. The Bertz CT molecular complexity index is 1030. The van der Waals surface area contributed by atoms with Crippen LogP contribution in [0.1, 0.15) is 55.2 Å². The predicted molar refractivity (Wildman–Crippen MR) is 112 cm³/mol. The highest BCUT2D eigenvalue weighted by Gasteiger charge is 2.51. The number of aromatic nitrogens is 1. The van der Waals surface area contributed by atoms with Crippen LogP contribution in [-0.4, -0.2) is 22.7 Å². The molecule has 3 aliphatic carbocycles. The summed E-state index contributed by atoms with van der Waals surface area (Å²) in [6, 6.07) is 7.70. The number of nitrogens with zero attached hydrogens (tertiary/aromatic N) is 1. The molecule has 5 rings (SSSR count). The van der Waals surface area contributed by atoms with Gasteiger partial charge in [-0.05, 0) is 95.7 Å². The normalized spacial score (nSPS) is 29.4. The molecule has 0 bridgehead atoms. The van der Waals surface area contributed by atoms with E-state index < -0.39 is 5.97 Å². The zero-order valence-electron chi connectivity index (χ0n) is 17.1. The number of halogens is 1. The first-order chi connectivity index (χ1) is 14.5. The smallest absolute Gasteiger partial charge is 0.341 e. The monoisotopic (exact) mass is 407 g/mol. The van der Waals surface area contributed by atoms with Crippen LogP contribution in [0.15, 0.2) is 42.7 Å². The first kappa shape index (κ1) is 19.3. The van der Waals surface area contributed by atoms with Gasteiger partial charge in [-0.3, -0.25) is 4.98 Å². The van der Waals surface area contributed by atoms with E-state index in [-0.39, 0.29) is 17.8 Å². The van der Waals surface area contributed by atoms with Crippen LogP contribution in [0, 0.1) is 23.1 Å². The third kappa shape index (κ3) is 3.11. The summed E-state index contributed by atoms with van der Waals surface area (Å²) < 4.78 is 19.2. The van der Waals surface area contributed by atoms with Crippen LogP contribution in [0.25, 0.3) is 5.57 Å². The molecular formula is C25H26FNO3. The van der Waals surface area contributed by atoms with Crippen molar-refractivity contribution in [1.29, 1.82) is 0 Å². The number of benzene rings is 1. The summed E-state index contributed by atoms with van der Waals surface area (Å²) >= 11 is 0. The SMILES string of the molecule is C[C@]12CC[C@@H]3c4ccc(OCC(=O)O)cc4CC[C@H]3[C@@H]1CC=C2c1cncc(F)c1. The maximum Gasteiger partial charge on any atom is 0.341 e. The fourth-order valence-corrected chi connectivity index (χ4v) is 6.37. The Balaban J connectivity index is 1.40. The highest BCUT2D eigenvalue weighted by Crippen LogP contribution is 2.63. The highest BCUT2D eigenvalue weighted by atomic mass is 19.1. The number of carbonyl (C=O) groups is 1. The molecule has 4 nitrogen and oxygen atoms in total. The fraction of sp³-hybridized carbons (Fsp3) is 0.440. The van der Waals surface area contributed by atoms with Gasteiger partial charge in [0.1, 0.15) is 11.6 Å². The summed E-state index contributed by atoms with van der Waals surface area (Å²) in [5.74, 6) is 1.10. The van der Waals surface area contributed by atoms with Crippen LogP contribution >= 0.6 is 0 Å². The fourth-order valence-electron chi connectivity index (χ4n) is 6.37. The number of fused-ring (bicyclic) bond motifs is 5. The zero-order chi connectivity index (χ0) is 20.9. The van der Waals surface area contributed by atoms with Gasteiger partial charge in [0, 0.05) is 6.20 Å².